The molecule has 0 fully saturated rings. The molecule has 0 aliphatic rings. The maximum atomic E-state index is 12.2. The van der Waals surface area contributed by atoms with Gasteiger partial charge in [0.1, 0.15) is 5.75 Å². The van der Waals surface area contributed by atoms with Crippen molar-refractivity contribution in [3.63, 3.8) is 0 Å². The van der Waals surface area contributed by atoms with Crippen LogP contribution >= 0.6 is 11.8 Å². The number of anilines is 1. The Bertz CT molecular complexity index is 772. The van der Waals surface area contributed by atoms with E-state index in [4.69, 9.17) is 9.84 Å². The van der Waals surface area contributed by atoms with Crippen molar-refractivity contribution in [2.75, 3.05) is 18.2 Å². The van der Waals surface area contributed by atoms with E-state index in [0.29, 0.717) is 22.8 Å². The number of nitrogens with one attached hydrogen (secondary N) is 1. The summed E-state index contributed by atoms with van der Waals surface area (Å²) in [6.07, 6.45) is -0.268. The molecule has 26 heavy (non-hydrogen) atoms. The van der Waals surface area contributed by atoms with Gasteiger partial charge < -0.3 is 15.2 Å². The van der Waals surface area contributed by atoms with E-state index in [1.807, 2.05) is 0 Å². The van der Waals surface area contributed by atoms with Crippen LogP contribution in [0.25, 0.3) is 0 Å². The number of thioether (sulfide) groups is 1. The Balaban J connectivity index is 1.83. The molecule has 0 aliphatic carbocycles. The molecule has 136 valence electrons. The smallest absolute Gasteiger partial charge is 0.303 e. The minimum atomic E-state index is -1.01. The highest BCUT2D eigenvalue weighted by atomic mass is 32.2. The van der Waals surface area contributed by atoms with Gasteiger partial charge in [0.05, 0.1) is 19.3 Å². The number of carbonyl (C=O) groups is 3. The van der Waals surface area contributed by atoms with Crippen molar-refractivity contribution in [1.82, 2.24) is 0 Å². The van der Waals surface area contributed by atoms with Gasteiger partial charge in [0.25, 0.3) is 0 Å². The van der Waals surface area contributed by atoms with Gasteiger partial charge in [-0.1, -0.05) is 0 Å². The highest BCUT2D eigenvalue weighted by molar-refractivity contribution is 8.00. The van der Waals surface area contributed by atoms with Gasteiger partial charge in [-0.2, -0.15) is 0 Å². The van der Waals surface area contributed by atoms with E-state index in [1.54, 1.807) is 55.6 Å². The number of rotatable bonds is 9. The highest BCUT2D eigenvalue weighted by Gasteiger charge is 2.08. The summed E-state index contributed by atoms with van der Waals surface area (Å²) in [7, 11) is 1.57. The molecule has 0 saturated heterocycles. The molecular weight excluding hydrogens is 354 g/mol. The second-order valence-electron chi connectivity index (χ2n) is 5.41. The first-order chi connectivity index (χ1) is 12.5. The zero-order valence-electron chi connectivity index (χ0n) is 14.2. The number of ketones is 1. The fourth-order valence-electron chi connectivity index (χ4n) is 2.09. The number of hydrogen-bond acceptors (Lipinski definition) is 5. The van der Waals surface area contributed by atoms with Crippen LogP contribution in [-0.4, -0.2) is 35.6 Å². The Kier molecular flexibility index (Phi) is 7.23. The molecule has 7 heteroatoms. The lowest BCUT2D eigenvalue weighted by Crippen LogP contribution is -2.13. The molecule has 0 bridgehead atoms. The number of benzene rings is 2. The van der Waals surface area contributed by atoms with E-state index in [0.717, 1.165) is 4.90 Å². The summed E-state index contributed by atoms with van der Waals surface area (Å²) in [5.41, 5.74) is 1.21. The topological polar surface area (TPSA) is 92.7 Å². The normalized spacial score (nSPS) is 10.2. The molecule has 0 atom stereocenters. The van der Waals surface area contributed by atoms with Crippen LogP contribution in [0.4, 0.5) is 5.69 Å². The lowest BCUT2D eigenvalue weighted by atomic mass is 10.1. The largest absolute Gasteiger partial charge is 0.497 e. The first kappa shape index (κ1) is 19.5. The van der Waals surface area contributed by atoms with E-state index in [9.17, 15) is 14.4 Å². The average Bonchev–Trinajstić information content (AvgIpc) is 2.65. The Morgan fingerprint density at radius 3 is 2.23 bits per heavy atom. The van der Waals surface area contributed by atoms with Crippen molar-refractivity contribution >= 4 is 35.1 Å². The number of aliphatic carboxylic acids is 1. The molecule has 0 spiro atoms. The summed E-state index contributed by atoms with van der Waals surface area (Å²) >= 11 is 1.40. The summed E-state index contributed by atoms with van der Waals surface area (Å²) in [5.74, 6) is -0.328. The molecule has 0 radical (unpaired) electrons. The quantitative estimate of drug-likeness (QED) is 0.516. The number of carboxylic acids is 1. The van der Waals surface area contributed by atoms with Crippen LogP contribution < -0.4 is 10.1 Å². The third-order valence-electron chi connectivity index (χ3n) is 3.49. The number of methoxy groups -OCH3 is 1. The van der Waals surface area contributed by atoms with Crippen LogP contribution in [0.1, 0.15) is 23.2 Å². The van der Waals surface area contributed by atoms with Crippen LogP contribution in [0.3, 0.4) is 0 Å². The molecule has 0 saturated carbocycles. The molecule has 0 unspecified atom stereocenters. The van der Waals surface area contributed by atoms with Gasteiger partial charge in [0, 0.05) is 22.6 Å². The van der Waals surface area contributed by atoms with Gasteiger partial charge in [0.2, 0.25) is 5.91 Å². The summed E-state index contributed by atoms with van der Waals surface area (Å²) < 4.78 is 5.07. The molecule has 2 aromatic carbocycles. The van der Waals surface area contributed by atoms with Crippen LogP contribution in [0, 0.1) is 0 Å². The predicted molar refractivity (Wildman–Crippen MR) is 100.0 cm³/mol. The first-order valence-corrected chi connectivity index (χ1v) is 8.88. The fraction of sp³-hybridized carbons (Fsp3) is 0.211. The second-order valence-corrected chi connectivity index (χ2v) is 6.46. The van der Waals surface area contributed by atoms with Crippen LogP contribution in [-0.2, 0) is 9.59 Å². The van der Waals surface area contributed by atoms with Gasteiger partial charge in [0.15, 0.2) is 5.78 Å². The van der Waals surface area contributed by atoms with Crippen molar-refractivity contribution in [1.29, 1.82) is 0 Å². The minimum Gasteiger partial charge on any atom is -0.497 e. The zero-order valence-corrected chi connectivity index (χ0v) is 15.0. The fourth-order valence-corrected chi connectivity index (χ4v) is 2.88. The minimum absolute atomic E-state index is 0.0173. The molecule has 0 aromatic heterocycles. The predicted octanol–water partition coefficient (Wildman–Crippen LogP) is 3.47. The number of carbonyl (C=O) groups excluding carboxylic acids is 2. The first-order valence-electron chi connectivity index (χ1n) is 7.89. The summed E-state index contributed by atoms with van der Waals surface area (Å²) in [5, 5.41) is 11.2. The van der Waals surface area contributed by atoms with Gasteiger partial charge in [-0.3, -0.25) is 14.4 Å². The monoisotopic (exact) mass is 373 g/mol. The average molecular weight is 373 g/mol. The van der Waals surface area contributed by atoms with Crippen LogP contribution in [0.5, 0.6) is 5.75 Å². The maximum absolute atomic E-state index is 12.2. The SMILES string of the molecule is COc1ccc(C(=O)CSc2ccc(NC(=O)CCC(=O)O)cc2)cc1. The van der Waals surface area contributed by atoms with E-state index >= 15 is 0 Å². The molecule has 2 rings (SSSR count). The summed E-state index contributed by atoms with van der Waals surface area (Å²) in [6, 6.07) is 14.0. The van der Waals surface area contributed by atoms with Gasteiger partial charge in [-0.15, -0.1) is 11.8 Å². The molecule has 0 heterocycles. The van der Waals surface area contributed by atoms with Crippen molar-refractivity contribution in [2.45, 2.75) is 17.7 Å². The van der Waals surface area contributed by atoms with E-state index in [1.165, 1.54) is 11.8 Å². The lowest BCUT2D eigenvalue weighted by molar-refractivity contribution is -0.138. The van der Waals surface area contributed by atoms with E-state index in [2.05, 4.69) is 5.32 Å². The Morgan fingerprint density at radius 2 is 1.65 bits per heavy atom. The Labute approximate surface area is 155 Å². The number of carboxylic acid groups (broad SMARTS) is 1. The Morgan fingerprint density at radius 1 is 1.00 bits per heavy atom. The van der Waals surface area contributed by atoms with Crippen molar-refractivity contribution in [2.24, 2.45) is 0 Å². The Hall–Kier alpha value is -2.80. The van der Waals surface area contributed by atoms with Gasteiger partial charge >= 0.3 is 5.97 Å². The second kappa shape index (κ2) is 9.62. The van der Waals surface area contributed by atoms with Crippen molar-refractivity contribution < 1.29 is 24.2 Å². The number of ether oxygens (including phenoxy) is 1. The number of amides is 1. The third-order valence-corrected chi connectivity index (χ3v) is 4.50. The van der Waals surface area contributed by atoms with E-state index in [-0.39, 0.29) is 24.5 Å². The molecule has 6 nitrogen and oxygen atoms in total. The zero-order chi connectivity index (χ0) is 18.9. The lowest BCUT2D eigenvalue weighted by Gasteiger charge is -2.06. The summed E-state index contributed by atoms with van der Waals surface area (Å²) in [4.78, 5) is 35.1. The number of Topliss-reactive ketones (excluding diaryl/α,β-unsaturated/α-hetero) is 1. The van der Waals surface area contributed by atoms with Crippen LogP contribution in [0.15, 0.2) is 53.4 Å². The van der Waals surface area contributed by atoms with Crippen molar-refractivity contribution in [3.05, 3.63) is 54.1 Å². The molecular formula is C19H19NO5S. The third kappa shape index (κ3) is 6.25. The van der Waals surface area contributed by atoms with Gasteiger partial charge in [-0.05, 0) is 48.5 Å². The molecule has 2 aromatic rings. The van der Waals surface area contributed by atoms with Gasteiger partial charge in [-0.25, -0.2) is 0 Å². The van der Waals surface area contributed by atoms with E-state index < -0.39 is 5.97 Å². The maximum Gasteiger partial charge on any atom is 0.303 e. The van der Waals surface area contributed by atoms with Crippen LogP contribution in [0.2, 0.25) is 0 Å². The summed E-state index contributed by atoms with van der Waals surface area (Å²) in [6.45, 7) is 0. The molecule has 1 amide bonds. The number of hydrogen-bond donors (Lipinski definition) is 2. The molecule has 0 aliphatic heterocycles. The molecule has 2 N–H and O–H groups in total. The van der Waals surface area contributed by atoms with Crippen molar-refractivity contribution in [3.8, 4) is 5.75 Å². The highest BCUT2D eigenvalue weighted by Crippen LogP contribution is 2.22. The standard InChI is InChI=1S/C19H19NO5S/c1-25-15-6-2-13(3-7-15)17(21)12-26-16-8-4-14(5-9-16)20-18(22)10-11-19(23)24/h2-9H,10-12H2,1H3,(H,20,22)(H,23,24).